The minimum absolute atomic E-state index is 0.208. The maximum absolute atomic E-state index is 12.6. The Kier molecular flexibility index (Phi) is 4.53. The van der Waals surface area contributed by atoms with Gasteiger partial charge in [0.2, 0.25) is 0 Å². The van der Waals surface area contributed by atoms with Crippen LogP contribution in [0.5, 0.6) is 5.75 Å². The van der Waals surface area contributed by atoms with Crippen molar-refractivity contribution in [3.63, 3.8) is 0 Å². The van der Waals surface area contributed by atoms with Gasteiger partial charge in [0.05, 0.1) is 7.11 Å². The van der Waals surface area contributed by atoms with Crippen LogP contribution in [0, 0.1) is 6.92 Å². The van der Waals surface area contributed by atoms with E-state index in [-0.39, 0.29) is 11.6 Å². The monoisotopic (exact) mass is 342 g/mol. The van der Waals surface area contributed by atoms with Crippen molar-refractivity contribution in [1.29, 1.82) is 0 Å². The molecule has 3 aromatic rings. The Morgan fingerprint density at radius 3 is 2.67 bits per heavy atom. The van der Waals surface area contributed by atoms with Crippen LogP contribution in [0.1, 0.15) is 16.1 Å². The number of nitrogens with one attached hydrogen (secondary N) is 1. The Bertz CT molecular complexity index is 872. The third kappa shape index (κ3) is 3.12. The third-order valence-corrected chi connectivity index (χ3v) is 4.06. The van der Waals surface area contributed by atoms with E-state index in [0.29, 0.717) is 16.5 Å². The van der Waals surface area contributed by atoms with Crippen LogP contribution in [0.4, 0.5) is 5.69 Å². The average molecular weight is 343 g/mol. The molecule has 2 aromatic carbocycles. The number of nitrogens with zero attached hydrogens (tertiary/aromatic N) is 1. The van der Waals surface area contributed by atoms with Gasteiger partial charge < -0.3 is 14.5 Å². The van der Waals surface area contributed by atoms with Gasteiger partial charge in [-0.3, -0.25) is 4.79 Å². The summed E-state index contributed by atoms with van der Waals surface area (Å²) in [7, 11) is 1.59. The van der Waals surface area contributed by atoms with Crippen LogP contribution in [0.15, 0.2) is 53.3 Å². The van der Waals surface area contributed by atoms with Crippen LogP contribution in [0.25, 0.3) is 11.3 Å². The van der Waals surface area contributed by atoms with Gasteiger partial charge in [0.1, 0.15) is 5.75 Å². The van der Waals surface area contributed by atoms with Crippen LogP contribution in [-0.2, 0) is 0 Å². The molecule has 0 fully saturated rings. The fourth-order valence-electron chi connectivity index (χ4n) is 2.28. The fraction of sp³-hybridized carbons (Fsp3) is 0.111. The maximum Gasteiger partial charge on any atom is 0.278 e. The number of amides is 1. The number of carbonyl (C=O) groups excluding carboxylic acids is 1. The van der Waals surface area contributed by atoms with E-state index in [4.69, 9.17) is 20.8 Å². The number of hydrogen-bond acceptors (Lipinski definition) is 4. The number of anilines is 1. The van der Waals surface area contributed by atoms with Crippen LogP contribution in [0.3, 0.4) is 0 Å². The summed E-state index contributed by atoms with van der Waals surface area (Å²) in [6, 6.07) is 12.5. The van der Waals surface area contributed by atoms with Gasteiger partial charge in [0, 0.05) is 16.3 Å². The molecule has 0 aliphatic heterocycles. The molecule has 0 radical (unpaired) electrons. The minimum Gasteiger partial charge on any atom is -0.497 e. The first-order chi connectivity index (χ1) is 11.6. The molecule has 0 spiro atoms. The number of benzene rings is 2. The topological polar surface area (TPSA) is 64.4 Å². The van der Waals surface area contributed by atoms with E-state index in [9.17, 15) is 4.79 Å². The first kappa shape index (κ1) is 16.1. The lowest BCUT2D eigenvalue weighted by atomic mass is 10.1. The summed E-state index contributed by atoms with van der Waals surface area (Å²) < 4.78 is 10.5. The normalized spacial score (nSPS) is 10.5. The second kappa shape index (κ2) is 6.76. The first-order valence-corrected chi connectivity index (χ1v) is 7.62. The molecular formula is C18H15ClN2O3. The van der Waals surface area contributed by atoms with Gasteiger partial charge in [-0.1, -0.05) is 17.7 Å². The Labute approximate surface area is 144 Å². The zero-order valence-corrected chi connectivity index (χ0v) is 13.9. The maximum atomic E-state index is 12.6. The standard InChI is InChI=1S/C18H15ClN2O3/c1-11-14(19)4-3-5-15(11)21-18(22)16-17(24-10-20-16)12-6-8-13(23-2)9-7-12/h3-10H,1-2H3,(H,21,22). The third-order valence-electron chi connectivity index (χ3n) is 3.65. The van der Waals surface area contributed by atoms with Crippen LogP contribution < -0.4 is 10.1 Å². The van der Waals surface area contributed by atoms with Gasteiger partial charge in [-0.05, 0) is 48.9 Å². The lowest BCUT2D eigenvalue weighted by molar-refractivity contribution is 0.102. The molecule has 3 rings (SSSR count). The Balaban J connectivity index is 1.89. The van der Waals surface area contributed by atoms with Gasteiger partial charge in [-0.25, -0.2) is 4.98 Å². The number of hydrogen-bond donors (Lipinski definition) is 1. The number of ether oxygens (including phenoxy) is 1. The predicted octanol–water partition coefficient (Wildman–Crippen LogP) is 4.56. The summed E-state index contributed by atoms with van der Waals surface area (Å²) in [5.74, 6) is 0.758. The lowest BCUT2D eigenvalue weighted by Gasteiger charge is -2.09. The molecule has 1 amide bonds. The van der Waals surface area contributed by atoms with Crippen LogP contribution in [0.2, 0.25) is 5.02 Å². The Hall–Kier alpha value is -2.79. The highest BCUT2D eigenvalue weighted by Gasteiger charge is 2.19. The number of rotatable bonds is 4. The second-order valence-electron chi connectivity index (χ2n) is 5.13. The van der Waals surface area contributed by atoms with Gasteiger partial charge >= 0.3 is 0 Å². The predicted molar refractivity (Wildman–Crippen MR) is 92.6 cm³/mol. The second-order valence-corrected chi connectivity index (χ2v) is 5.53. The summed E-state index contributed by atoms with van der Waals surface area (Å²) in [6.45, 7) is 1.84. The number of carbonyl (C=O) groups is 1. The van der Waals surface area contributed by atoms with Crippen molar-refractivity contribution in [2.24, 2.45) is 0 Å². The quantitative estimate of drug-likeness (QED) is 0.754. The van der Waals surface area contributed by atoms with Crippen LogP contribution >= 0.6 is 11.6 Å². The molecule has 0 bridgehead atoms. The number of halogens is 1. The molecule has 0 atom stereocenters. The summed E-state index contributed by atoms with van der Waals surface area (Å²) in [5.41, 5.74) is 2.37. The summed E-state index contributed by atoms with van der Waals surface area (Å²) in [5, 5.41) is 3.40. The summed E-state index contributed by atoms with van der Waals surface area (Å²) >= 11 is 6.08. The van der Waals surface area contributed by atoms with Crippen molar-refractivity contribution in [3.05, 3.63) is 65.1 Å². The Morgan fingerprint density at radius 2 is 1.96 bits per heavy atom. The molecule has 5 nitrogen and oxygen atoms in total. The molecule has 0 aliphatic rings. The molecular weight excluding hydrogens is 328 g/mol. The van der Waals surface area contributed by atoms with E-state index >= 15 is 0 Å². The number of methoxy groups -OCH3 is 1. The van der Waals surface area contributed by atoms with Gasteiger partial charge in [-0.2, -0.15) is 0 Å². The van der Waals surface area contributed by atoms with E-state index < -0.39 is 0 Å². The molecule has 0 unspecified atom stereocenters. The Morgan fingerprint density at radius 1 is 1.21 bits per heavy atom. The van der Waals surface area contributed by atoms with Crippen molar-refractivity contribution in [2.45, 2.75) is 6.92 Å². The molecule has 0 saturated heterocycles. The zero-order valence-electron chi connectivity index (χ0n) is 13.2. The molecule has 0 saturated carbocycles. The van der Waals surface area contributed by atoms with Gasteiger partial charge in [0.15, 0.2) is 17.8 Å². The highest BCUT2D eigenvalue weighted by atomic mass is 35.5. The van der Waals surface area contributed by atoms with Crippen molar-refractivity contribution in [1.82, 2.24) is 4.98 Å². The zero-order chi connectivity index (χ0) is 17.1. The summed E-state index contributed by atoms with van der Waals surface area (Å²) in [4.78, 5) is 16.6. The molecule has 122 valence electrons. The van der Waals surface area contributed by atoms with Crippen molar-refractivity contribution in [2.75, 3.05) is 12.4 Å². The SMILES string of the molecule is COc1ccc(-c2ocnc2C(=O)Nc2cccc(Cl)c2C)cc1. The lowest BCUT2D eigenvalue weighted by Crippen LogP contribution is -2.14. The van der Waals surface area contributed by atoms with Crippen molar-refractivity contribution in [3.8, 4) is 17.1 Å². The van der Waals surface area contributed by atoms with Gasteiger partial charge in [-0.15, -0.1) is 0 Å². The smallest absolute Gasteiger partial charge is 0.278 e. The highest BCUT2D eigenvalue weighted by Crippen LogP contribution is 2.27. The van der Waals surface area contributed by atoms with E-state index in [1.165, 1.54) is 6.39 Å². The van der Waals surface area contributed by atoms with Gasteiger partial charge in [0.25, 0.3) is 5.91 Å². The molecule has 1 aromatic heterocycles. The number of oxazole rings is 1. The number of aromatic nitrogens is 1. The fourth-order valence-corrected chi connectivity index (χ4v) is 2.45. The molecule has 24 heavy (non-hydrogen) atoms. The minimum atomic E-state index is -0.361. The molecule has 1 heterocycles. The largest absolute Gasteiger partial charge is 0.497 e. The summed E-state index contributed by atoms with van der Waals surface area (Å²) in [6.07, 6.45) is 1.25. The van der Waals surface area contributed by atoms with Crippen molar-refractivity contribution >= 4 is 23.2 Å². The van der Waals surface area contributed by atoms with E-state index in [1.54, 1.807) is 49.6 Å². The van der Waals surface area contributed by atoms with Crippen LogP contribution in [-0.4, -0.2) is 18.0 Å². The van der Waals surface area contributed by atoms with Crippen molar-refractivity contribution < 1.29 is 13.9 Å². The highest BCUT2D eigenvalue weighted by molar-refractivity contribution is 6.31. The molecule has 6 heteroatoms. The molecule has 0 aliphatic carbocycles. The van der Waals surface area contributed by atoms with E-state index in [0.717, 1.165) is 16.9 Å². The van der Waals surface area contributed by atoms with E-state index in [2.05, 4.69) is 10.3 Å². The first-order valence-electron chi connectivity index (χ1n) is 7.24. The molecule has 1 N–H and O–H groups in total. The average Bonchev–Trinajstić information content (AvgIpc) is 3.09. The van der Waals surface area contributed by atoms with E-state index in [1.807, 2.05) is 6.92 Å².